The minimum Gasteiger partial charge on any atom is -0.438 e. The minimum absolute atomic E-state index is 0.0371. The molecule has 0 saturated carbocycles. The molecule has 0 radical (unpaired) electrons. The van der Waals surface area contributed by atoms with Crippen LogP contribution in [-0.4, -0.2) is 10.1 Å². The standard InChI is InChI=1S/C15H14F3NO2/c1-2-11-7-10(9-20)8-14(19-11)21-13-6-4-3-5-12(13)15(16,17)18/h3-8,20H,2,9H2,1H3. The van der Waals surface area contributed by atoms with E-state index in [2.05, 4.69) is 4.98 Å². The molecule has 0 fully saturated rings. The molecule has 0 spiro atoms. The lowest BCUT2D eigenvalue weighted by molar-refractivity contribution is -0.138. The molecule has 1 aromatic heterocycles. The van der Waals surface area contributed by atoms with E-state index in [0.717, 1.165) is 6.07 Å². The molecule has 6 heteroatoms. The normalized spacial score (nSPS) is 11.5. The Hall–Kier alpha value is -2.08. The second kappa shape index (κ2) is 6.13. The molecule has 3 nitrogen and oxygen atoms in total. The van der Waals surface area contributed by atoms with Gasteiger partial charge in [0.05, 0.1) is 12.2 Å². The summed E-state index contributed by atoms with van der Waals surface area (Å²) in [4.78, 5) is 4.12. The first kappa shape index (κ1) is 15.3. The number of benzene rings is 1. The number of aromatic nitrogens is 1. The molecule has 0 unspecified atom stereocenters. The molecule has 1 aromatic carbocycles. The highest BCUT2D eigenvalue weighted by Crippen LogP contribution is 2.37. The second-order valence-electron chi connectivity index (χ2n) is 4.41. The van der Waals surface area contributed by atoms with E-state index in [1.54, 1.807) is 6.07 Å². The van der Waals surface area contributed by atoms with Gasteiger partial charge in [-0.25, -0.2) is 4.98 Å². The molecule has 0 aliphatic rings. The van der Waals surface area contributed by atoms with Crippen molar-refractivity contribution in [1.82, 2.24) is 4.98 Å². The Morgan fingerprint density at radius 3 is 2.52 bits per heavy atom. The Balaban J connectivity index is 2.39. The number of pyridine rings is 1. The van der Waals surface area contributed by atoms with Gasteiger partial charge in [0.2, 0.25) is 5.88 Å². The molecule has 2 aromatic rings. The van der Waals surface area contributed by atoms with Crippen LogP contribution in [0.4, 0.5) is 13.2 Å². The summed E-state index contributed by atoms with van der Waals surface area (Å²) in [6, 6.07) is 8.05. The molecule has 2 rings (SSSR count). The first-order valence-corrected chi connectivity index (χ1v) is 6.38. The third-order valence-electron chi connectivity index (χ3n) is 2.87. The maximum atomic E-state index is 12.9. The molecule has 0 aliphatic heterocycles. The van der Waals surface area contributed by atoms with Gasteiger partial charge < -0.3 is 9.84 Å². The lowest BCUT2D eigenvalue weighted by Crippen LogP contribution is -2.07. The van der Waals surface area contributed by atoms with E-state index in [4.69, 9.17) is 9.84 Å². The van der Waals surface area contributed by atoms with Gasteiger partial charge in [0.15, 0.2) is 0 Å². The van der Waals surface area contributed by atoms with Gasteiger partial charge in [-0.1, -0.05) is 19.1 Å². The topological polar surface area (TPSA) is 42.4 Å². The van der Waals surface area contributed by atoms with Crippen molar-refractivity contribution >= 4 is 0 Å². The van der Waals surface area contributed by atoms with Crippen molar-refractivity contribution in [3.05, 3.63) is 53.2 Å². The van der Waals surface area contributed by atoms with Gasteiger partial charge in [0.1, 0.15) is 5.75 Å². The van der Waals surface area contributed by atoms with Crippen LogP contribution in [0.25, 0.3) is 0 Å². The van der Waals surface area contributed by atoms with Crippen molar-refractivity contribution in [3.8, 4) is 11.6 Å². The summed E-state index contributed by atoms with van der Waals surface area (Å²) in [5.41, 5.74) is 0.321. The zero-order chi connectivity index (χ0) is 15.5. The Morgan fingerprint density at radius 2 is 1.90 bits per heavy atom. The summed E-state index contributed by atoms with van der Waals surface area (Å²) < 4.78 is 44.0. The summed E-state index contributed by atoms with van der Waals surface area (Å²) >= 11 is 0. The Morgan fingerprint density at radius 1 is 1.19 bits per heavy atom. The SMILES string of the molecule is CCc1cc(CO)cc(Oc2ccccc2C(F)(F)F)n1. The number of alkyl halides is 3. The largest absolute Gasteiger partial charge is 0.438 e. The second-order valence-corrected chi connectivity index (χ2v) is 4.41. The molecule has 0 aliphatic carbocycles. The van der Waals surface area contributed by atoms with Crippen LogP contribution in [0, 0.1) is 0 Å². The fraction of sp³-hybridized carbons (Fsp3) is 0.267. The van der Waals surface area contributed by atoms with E-state index in [1.807, 2.05) is 6.92 Å². The zero-order valence-electron chi connectivity index (χ0n) is 11.3. The van der Waals surface area contributed by atoms with E-state index in [9.17, 15) is 13.2 Å². The number of para-hydroxylation sites is 1. The van der Waals surface area contributed by atoms with Crippen LogP contribution in [0.2, 0.25) is 0 Å². The molecular weight excluding hydrogens is 283 g/mol. The van der Waals surface area contributed by atoms with Gasteiger partial charge in [-0.2, -0.15) is 13.2 Å². The number of aliphatic hydroxyl groups excluding tert-OH is 1. The molecule has 0 amide bonds. The Kier molecular flexibility index (Phi) is 4.47. The Bertz CT molecular complexity index is 604. The molecule has 1 heterocycles. The number of aryl methyl sites for hydroxylation is 1. The predicted molar refractivity (Wildman–Crippen MR) is 71.1 cm³/mol. The predicted octanol–water partition coefficient (Wildman–Crippen LogP) is 3.95. The number of hydrogen-bond donors (Lipinski definition) is 1. The van der Waals surface area contributed by atoms with Crippen molar-refractivity contribution in [2.75, 3.05) is 0 Å². The smallest absolute Gasteiger partial charge is 0.419 e. The van der Waals surface area contributed by atoms with Gasteiger partial charge in [-0.05, 0) is 30.2 Å². The van der Waals surface area contributed by atoms with Crippen LogP contribution in [0.15, 0.2) is 36.4 Å². The molecule has 112 valence electrons. The van der Waals surface area contributed by atoms with Crippen molar-refractivity contribution in [2.24, 2.45) is 0 Å². The fourth-order valence-electron chi connectivity index (χ4n) is 1.85. The average Bonchev–Trinajstić information content (AvgIpc) is 2.46. The van der Waals surface area contributed by atoms with Gasteiger partial charge in [-0.15, -0.1) is 0 Å². The van der Waals surface area contributed by atoms with E-state index < -0.39 is 11.7 Å². The minimum atomic E-state index is -4.50. The summed E-state index contributed by atoms with van der Waals surface area (Å²) in [5.74, 6) is -0.273. The quantitative estimate of drug-likeness (QED) is 0.929. The molecule has 0 atom stereocenters. The van der Waals surface area contributed by atoms with Crippen LogP contribution < -0.4 is 4.74 Å². The first-order chi connectivity index (χ1) is 9.94. The summed E-state index contributed by atoms with van der Waals surface area (Å²) in [6.07, 6.45) is -3.91. The van der Waals surface area contributed by atoms with E-state index in [0.29, 0.717) is 17.7 Å². The highest BCUT2D eigenvalue weighted by Gasteiger charge is 2.34. The van der Waals surface area contributed by atoms with Gasteiger partial charge >= 0.3 is 6.18 Å². The van der Waals surface area contributed by atoms with Crippen molar-refractivity contribution in [3.63, 3.8) is 0 Å². The number of nitrogens with zero attached hydrogens (tertiary/aromatic N) is 1. The summed E-state index contributed by atoms with van der Waals surface area (Å²) in [5, 5.41) is 9.17. The highest BCUT2D eigenvalue weighted by molar-refractivity contribution is 5.39. The third-order valence-corrected chi connectivity index (χ3v) is 2.87. The van der Waals surface area contributed by atoms with Gasteiger partial charge in [0.25, 0.3) is 0 Å². The number of halogens is 3. The van der Waals surface area contributed by atoms with E-state index in [-0.39, 0.29) is 18.2 Å². The molecule has 0 saturated heterocycles. The monoisotopic (exact) mass is 297 g/mol. The number of ether oxygens (including phenoxy) is 1. The van der Waals surface area contributed by atoms with E-state index in [1.165, 1.54) is 24.3 Å². The van der Waals surface area contributed by atoms with Crippen LogP contribution in [-0.2, 0) is 19.2 Å². The average molecular weight is 297 g/mol. The van der Waals surface area contributed by atoms with Gasteiger partial charge in [0, 0.05) is 11.8 Å². The number of hydrogen-bond acceptors (Lipinski definition) is 3. The van der Waals surface area contributed by atoms with Crippen molar-refractivity contribution in [2.45, 2.75) is 26.1 Å². The summed E-state index contributed by atoms with van der Waals surface area (Å²) in [6.45, 7) is 1.63. The number of aliphatic hydroxyl groups is 1. The van der Waals surface area contributed by atoms with Crippen LogP contribution >= 0.6 is 0 Å². The number of rotatable bonds is 4. The van der Waals surface area contributed by atoms with Crippen LogP contribution in [0.5, 0.6) is 11.6 Å². The van der Waals surface area contributed by atoms with Crippen LogP contribution in [0.3, 0.4) is 0 Å². The zero-order valence-corrected chi connectivity index (χ0v) is 11.3. The maximum absolute atomic E-state index is 12.9. The maximum Gasteiger partial charge on any atom is 0.419 e. The lowest BCUT2D eigenvalue weighted by atomic mass is 10.2. The summed E-state index contributed by atoms with van der Waals surface area (Å²) in [7, 11) is 0. The third kappa shape index (κ3) is 3.72. The Labute approximate surface area is 120 Å². The van der Waals surface area contributed by atoms with Crippen LogP contribution in [0.1, 0.15) is 23.7 Å². The van der Waals surface area contributed by atoms with Crippen molar-refractivity contribution in [1.29, 1.82) is 0 Å². The fourth-order valence-corrected chi connectivity index (χ4v) is 1.85. The van der Waals surface area contributed by atoms with E-state index >= 15 is 0 Å². The van der Waals surface area contributed by atoms with Gasteiger partial charge in [-0.3, -0.25) is 0 Å². The molecular formula is C15H14F3NO2. The highest BCUT2D eigenvalue weighted by atomic mass is 19.4. The lowest BCUT2D eigenvalue weighted by Gasteiger charge is -2.13. The molecule has 0 bridgehead atoms. The van der Waals surface area contributed by atoms with Crippen molar-refractivity contribution < 1.29 is 23.0 Å². The first-order valence-electron chi connectivity index (χ1n) is 6.38. The molecule has 1 N–H and O–H groups in total. The molecule has 21 heavy (non-hydrogen) atoms.